The molecule has 0 bridgehead atoms. The van der Waals surface area contributed by atoms with Crippen molar-refractivity contribution >= 4 is 23.2 Å². The third-order valence-corrected chi connectivity index (χ3v) is 2.79. The van der Waals surface area contributed by atoms with Crippen molar-refractivity contribution in [3.05, 3.63) is 33.3 Å². The Balaban J connectivity index is 2.57. The average Bonchev–Trinajstić information content (AvgIpc) is 2.33. The van der Waals surface area contributed by atoms with Crippen molar-refractivity contribution in [2.24, 2.45) is 5.73 Å². The van der Waals surface area contributed by atoms with E-state index in [1.54, 1.807) is 7.05 Å². The molecule has 104 valence electrons. The molecule has 0 heterocycles. The summed E-state index contributed by atoms with van der Waals surface area (Å²) in [6.45, 7) is 0.239. The van der Waals surface area contributed by atoms with Gasteiger partial charge >= 0.3 is 0 Å². The van der Waals surface area contributed by atoms with Gasteiger partial charge in [0.25, 0.3) is 5.69 Å². The minimum atomic E-state index is -0.573. The fraction of sp³-hybridized carbons (Fsp3) is 0.364. The Bertz CT molecular complexity index is 481. The topological polar surface area (TPSA) is 107 Å². The summed E-state index contributed by atoms with van der Waals surface area (Å²) in [7, 11) is 1.62. The predicted octanol–water partition coefficient (Wildman–Crippen LogP) is 1.09. The number of rotatable bonds is 7. The fourth-order valence-electron chi connectivity index (χ4n) is 1.45. The van der Waals surface area contributed by atoms with E-state index in [1.165, 1.54) is 18.2 Å². The first-order valence-electron chi connectivity index (χ1n) is 5.49. The fourth-order valence-corrected chi connectivity index (χ4v) is 1.69. The standard InChI is InChI=1S/C11H14ClN3O4/c1-14-9(11(13)16)4-5-19-7-2-3-10(15(17)18)8(12)6-7/h2-3,6,9,14H,4-5H2,1H3,(H2,13,16). The number of nitrogens with two attached hydrogens (primary N) is 1. The number of hydrogen-bond donors (Lipinski definition) is 2. The Labute approximate surface area is 114 Å². The number of carbonyl (C=O) groups excluding carboxylic acids is 1. The number of primary amides is 1. The van der Waals surface area contributed by atoms with Gasteiger partial charge in [0.05, 0.1) is 17.6 Å². The number of likely N-dealkylation sites (N-methyl/N-ethyl adjacent to an activating group) is 1. The second-order valence-corrected chi connectivity index (χ2v) is 4.16. The van der Waals surface area contributed by atoms with Crippen molar-refractivity contribution in [3.8, 4) is 5.75 Å². The van der Waals surface area contributed by atoms with Gasteiger partial charge in [0, 0.05) is 18.6 Å². The number of benzene rings is 1. The van der Waals surface area contributed by atoms with Crippen LogP contribution in [0.4, 0.5) is 5.69 Å². The quantitative estimate of drug-likeness (QED) is 0.576. The molecular weight excluding hydrogens is 274 g/mol. The third-order valence-electron chi connectivity index (χ3n) is 2.48. The van der Waals surface area contributed by atoms with Crippen LogP contribution in [0.1, 0.15) is 6.42 Å². The number of nitrogens with zero attached hydrogens (tertiary/aromatic N) is 1. The van der Waals surface area contributed by atoms with E-state index in [0.29, 0.717) is 12.2 Å². The summed E-state index contributed by atoms with van der Waals surface area (Å²) >= 11 is 5.74. The number of nitro benzene ring substituents is 1. The molecular formula is C11H14ClN3O4. The van der Waals surface area contributed by atoms with Gasteiger partial charge < -0.3 is 15.8 Å². The molecule has 3 N–H and O–H groups in total. The molecule has 7 nitrogen and oxygen atoms in total. The van der Waals surface area contributed by atoms with Gasteiger partial charge in [0.1, 0.15) is 10.8 Å². The number of hydrogen-bond acceptors (Lipinski definition) is 5. The Morgan fingerprint density at radius 1 is 1.63 bits per heavy atom. The second kappa shape index (κ2) is 6.91. The van der Waals surface area contributed by atoms with Crippen LogP contribution in [-0.2, 0) is 4.79 Å². The van der Waals surface area contributed by atoms with Crippen LogP contribution in [0.25, 0.3) is 0 Å². The van der Waals surface area contributed by atoms with Gasteiger partial charge in [-0.15, -0.1) is 0 Å². The largest absolute Gasteiger partial charge is 0.493 e. The number of amides is 1. The molecule has 8 heteroatoms. The molecule has 0 fully saturated rings. The van der Waals surface area contributed by atoms with Crippen molar-refractivity contribution in [1.29, 1.82) is 0 Å². The summed E-state index contributed by atoms with van der Waals surface area (Å²) in [5, 5.41) is 13.3. The first kappa shape index (κ1) is 15.2. The first-order chi connectivity index (χ1) is 8.95. The Morgan fingerprint density at radius 3 is 2.79 bits per heavy atom. The Morgan fingerprint density at radius 2 is 2.32 bits per heavy atom. The summed E-state index contributed by atoms with van der Waals surface area (Å²) < 4.78 is 5.35. The number of nitro groups is 1. The molecule has 0 radical (unpaired) electrons. The van der Waals surface area contributed by atoms with Crippen LogP contribution in [0.15, 0.2) is 18.2 Å². The van der Waals surface area contributed by atoms with E-state index >= 15 is 0 Å². The van der Waals surface area contributed by atoms with Gasteiger partial charge in [0.15, 0.2) is 0 Å². The van der Waals surface area contributed by atoms with Crippen LogP contribution < -0.4 is 15.8 Å². The number of ether oxygens (including phenoxy) is 1. The minimum Gasteiger partial charge on any atom is -0.493 e. The summed E-state index contributed by atoms with van der Waals surface area (Å²) in [5.74, 6) is -0.0669. The highest BCUT2D eigenvalue weighted by molar-refractivity contribution is 6.32. The summed E-state index contributed by atoms with van der Waals surface area (Å²) in [4.78, 5) is 21.0. The maximum absolute atomic E-state index is 11.0. The molecule has 1 atom stereocenters. The van der Waals surface area contributed by atoms with Crippen LogP contribution in [0, 0.1) is 10.1 Å². The zero-order chi connectivity index (χ0) is 14.4. The maximum Gasteiger partial charge on any atom is 0.288 e. The van der Waals surface area contributed by atoms with Gasteiger partial charge in [-0.2, -0.15) is 0 Å². The molecule has 0 aliphatic heterocycles. The summed E-state index contributed by atoms with van der Waals surface area (Å²) in [6, 6.07) is 3.59. The van der Waals surface area contributed by atoms with Crippen LogP contribution >= 0.6 is 11.6 Å². The minimum absolute atomic E-state index is 0.00238. The Kier molecular flexibility index (Phi) is 5.53. The summed E-state index contributed by atoms with van der Waals surface area (Å²) in [5.41, 5.74) is 4.97. The predicted molar refractivity (Wildman–Crippen MR) is 70.3 cm³/mol. The van der Waals surface area contributed by atoms with E-state index in [0.717, 1.165) is 0 Å². The number of halogens is 1. The zero-order valence-electron chi connectivity index (χ0n) is 10.3. The normalized spacial score (nSPS) is 11.9. The molecule has 1 amide bonds. The van der Waals surface area contributed by atoms with E-state index in [2.05, 4.69) is 5.32 Å². The molecule has 0 spiro atoms. The van der Waals surface area contributed by atoms with E-state index in [4.69, 9.17) is 22.1 Å². The molecule has 1 aromatic rings. The monoisotopic (exact) mass is 287 g/mol. The van der Waals surface area contributed by atoms with Crippen molar-refractivity contribution in [2.75, 3.05) is 13.7 Å². The van der Waals surface area contributed by atoms with Crippen molar-refractivity contribution < 1.29 is 14.5 Å². The van der Waals surface area contributed by atoms with E-state index in [9.17, 15) is 14.9 Å². The highest BCUT2D eigenvalue weighted by Gasteiger charge is 2.14. The number of carbonyl (C=O) groups is 1. The lowest BCUT2D eigenvalue weighted by molar-refractivity contribution is -0.384. The Hall–Kier alpha value is -1.86. The lowest BCUT2D eigenvalue weighted by atomic mass is 10.2. The molecule has 1 rings (SSSR count). The molecule has 0 aliphatic carbocycles. The molecule has 0 aliphatic rings. The van der Waals surface area contributed by atoms with Gasteiger partial charge in [-0.3, -0.25) is 14.9 Å². The summed E-state index contributed by atoms with van der Waals surface area (Å²) in [6.07, 6.45) is 0.389. The SMILES string of the molecule is CNC(CCOc1ccc([N+](=O)[O-])c(Cl)c1)C(N)=O. The second-order valence-electron chi connectivity index (χ2n) is 3.75. The molecule has 0 saturated carbocycles. The molecule has 1 unspecified atom stereocenters. The van der Waals surface area contributed by atoms with Gasteiger partial charge in [-0.05, 0) is 13.1 Å². The van der Waals surface area contributed by atoms with Crippen LogP contribution in [-0.4, -0.2) is 30.5 Å². The molecule has 0 saturated heterocycles. The molecule has 19 heavy (non-hydrogen) atoms. The van der Waals surface area contributed by atoms with E-state index in [-0.39, 0.29) is 17.3 Å². The van der Waals surface area contributed by atoms with Crippen molar-refractivity contribution in [1.82, 2.24) is 5.32 Å². The van der Waals surface area contributed by atoms with Crippen molar-refractivity contribution in [2.45, 2.75) is 12.5 Å². The highest BCUT2D eigenvalue weighted by atomic mass is 35.5. The lowest BCUT2D eigenvalue weighted by Gasteiger charge is -2.12. The third kappa shape index (κ3) is 4.38. The lowest BCUT2D eigenvalue weighted by Crippen LogP contribution is -2.40. The van der Waals surface area contributed by atoms with E-state index in [1.807, 2.05) is 0 Å². The van der Waals surface area contributed by atoms with Crippen LogP contribution in [0.2, 0.25) is 5.02 Å². The van der Waals surface area contributed by atoms with Crippen molar-refractivity contribution in [3.63, 3.8) is 0 Å². The maximum atomic E-state index is 11.0. The first-order valence-corrected chi connectivity index (χ1v) is 5.86. The van der Waals surface area contributed by atoms with Crippen LogP contribution in [0.3, 0.4) is 0 Å². The smallest absolute Gasteiger partial charge is 0.288 e. The highest BCUT2D eigenvalue weighted by Crippen LogP contribution is 2.28. The molecule has 0 aromatic heterocycles. The average molecular weight is 288 g/mol. The van der Waals surface area contributed by atoms with Gasteiger partial charge in [0.2, 0.25) is 5.91 Å². The molecule has 1 aromatic carbocycles. The zero-order valence-corrected chi connectivity index (χ0v) is 11.0. The van der Waals surface area contributed by atoms with Gasteiger partial charge in [-0.1, -0.05) is 11.6 Å². The van der Waals surface area contributed by atoms with Gasteiger partial charge in [-0.25, -0.2) is 0 Å². The number of nitrogens with one attached hydrogen (secondary N) is 1. The van der Waals surface area contributed by atoms with Crippen LogP contribution in [0.5, 0.6) is 5.75 Å². The van der Waals surface area contributed by atoms with E-state index < -0.39 is 16.9 Å².